The Balaban J connectivity index is 2.20. The third-order valence-corrected chi connectivity index (χ3v) is 4.27. The Morgan fingerprint density at radius 2 is 2.05 bits per heavy atom. The van der Waals surface area contributed by atoms with Gasteiger partial charge < -0.3 is 4.90 Å². The fourth-order valence-corrected chi connectivity index (χ4v) is 3.33. The average molecular weight is 284 g/mol. The van der Waals surface area contributed by atoms with Gasteiger partial charge in [0.15, 0.2) is 0 Å². The zero-order valence-corrected chi connectivity index (χ0v) is 13.5. The molecule has 0 saturated carbocycles. The molecule has 1 aliphatic rings. The second-order valence-electron chi connectivity index (χ2n) is 6.25. The lowest BCUT2D eigenvalue weighted by Crippen LogP contribution is -2.35. The summed E-state index contributed by atoms with van der Waals surface area (Å²) in [6.45, 7) is 10.7. The zero-order chi connectivity index (χ0) is 15.0. The minimum atomic E-state index is 0.729. The molecule has 21 heavy (non-hydrogen) atoms. The van der Waals surface area contributed by atoms with Crippen LogP contribution in [-0.4, -0.2) is 28.0 Å². The van der Waals surface area contributed by atoms with Gasteiger partial charge in [-0.2, -0.15) is 0 Å². The van der Waals surface area contributed by atoms with E-state index in [-0.39, 0.29) is 0 Å². The van der Waals surface area contributed by atoms with E-state index >= 15 is 0 Å². The van der Waals surface area contributed by atoms with Gasteiger partial charge in [0.05, 0.1) is 16.6 Å². The summed E-state index contributed by atoms with van der Waals surface area (Å²) in [4.78, 5) is 16.6. The van der Waals surface area contributed by atoms with E-state index < -0.39 is 0 Å². The van der Waals surface area contributed by atoms with Crippen molar-refractivity contribution in [1.82, 2.24) is 15.0 Å². The van der Waals surface area contributed by atoms with Crippen LogP contribution in [0, 0.1) is 19.8 Å². The molecule has 4 nitrogen and oxygen atoms in total. The van der Waals surface area contributed by atoms with Crippen molar-refractivity contribution in [2.75, 3.05) is 18.0 Å². The maximum absolute atomic E-state index is 4.77. The fraction of sp³-hybridized carbons (Fsp3) is 0.588. The Hall–Kier alpha value is -1.71. The summed E-state index contributed by atoms with van der Waals surface area (Å²) in [5.74, 6) is 2.67. The van der Waals surface area contributed by atoms with Gasteiger partial charge in [-0.25, -0.2) is 9.97 Å². The third-order valence-electron chi connectivity index (χ3n) is 4.27. The number of rotatable bonds is 2. The molecule has 0 radical (unpaired) electrons. The number of hydrogen-bond acceptors (Lipinski definition) is 4. The van der Waals surface area contributed by atoms with Crippen molar-refractivity contribution in [2.45, 2.75) is 47.0 Å². The predicted octanol–water partition coefficient (Wildman–Crippen LogP) is 3.44. The smallest absolute Gasteiger partial charge is 0.142 e. The number of nitrogens with zero attached hydrogens (tertiary/aromatic N) is 4. The number of aryl methyl sites for hydroxylation is 3. The van der Waals surface area contributed by atoms with E-state index in [1.54, 1.807) is 0 Å². The number of aromatic nitrogens is 3. The highest BCUT2D eigenvalue weighted by molar-refractivity contribution is 5.92. The van der Waals surface area contributed by atoms with Crippen LogP contribution < -0.4 is 4.90 Å². The number of fused-ring (bicyclic) bond motifs is 1. The van der Waals surface area contributed by atoms with Crippen molar-refractivity contribution < 1.29 is 0 Å². The standard InChI is InChI=1S/C17H24N4/c1-5-14-16-15(9-12(3)18-14)19-13(4)20-17(16)21-8-6-7-11(2)10-21/h9,11H,5-8,10H2,1-4H3. The molecule has 1 atom stereocenters. The minimum Gasteiger partial charge on any atom is -0.356 e. The van der Waals surface area contributed by atoms with Gasteiger partial charge in [-0.3, -0.25) is 4.98 Å². The molecule has 1 unspecified atom stereocenters. The highest BCUT2D eigenvalue weighted by atomic mass is 15.2. The molecule has 0 bridgehead atoms. The topological polar surface area (TPSA) is 41.9 Å². The van der Waals surface area contributed by atoms with Gasteiger partial charge in [0, 0.05) is 18.8 Å². The van der Waals surface area contributed by atoms with Crippen LogP contribution in [0.4, 0.5) is 5.82 Å². The highest BCUT2D eigenvalue weighted by Gasteiger charge is 2.22. The number of pyridine rings is 1. The lowest BCUT2D eigenvalue weighted by molar-refractivity contribution is 0.445. The van der Waals surface area contributed by atoms with Crippen LogP contribution in [0.15, 0.2) is 6.07 Å². The van der Waals surface area contributed by atoms with Gasteiger partial charge in [0.1, 0.15) is 11.6 Å². The second-order valence-corrected chi connectivity index (χ2v) is 6.25. The van der Waals surface area contributed by atoms with Crippen LogP contribution in [0.2, 0.25) is 0 Å². The molecule has 1 saturated heterocycles. The SMILES string of the molecule is CCc1nc(C)cc2nc(C)nc(N3CCCC(C)C3)c12. The molecule has 3 heterocycles. The Morgan fingerprint density at radius 1 is 1.24 bits per heavy atom. The first kappa shape index (κ1) is 14.2. The molecular formula is C17H24N4. The number of anilines is 1. The molecular weight excluding hydrogens is 260 g/mol. The van der Waals surface area contributed by atoms with Gasteiger partial charge in [0.25, 0.3) is 0 Å². The Morgan fingerprint density at radius 3 is 2.76 bits per heavy atom. The molecule has 0 amide bonds. The zero-order valence-electron chi connectivity index (χ0n) is 13.5. The first-order valence-corrected chi connectivity index (χ1v) is 7.98. The maximum Gasteiger partial charge on any atom is 0.142 e. The minimum absolute atomic E-state index is 0.729. The first-order valence-electron chi connectivity index (χ1n) is 7.98. The molecule has 4 heteroatoms. The van der Waals surface area contributed by atoms with E-state index in [9.17, 15) is 0 Å². The molecule has 3 rings (SSSR count). The summed E-state index contributed by atoms with van der Waals surface area (Å²) in [5, 5.41) is 1.16. The van der Waals surface area contributed by atoms with Crippen molar-refractivity contribution >= 4 is 16.7 Å². The molecule has 0 spiro atoms. The summed E-state index contributed by atoms with van der Waals surface area (Å²) in [7, 11) is 0. The number of hydrogen-bond donors (Lipinski definition) is 0. The van der Waals surface area contributed by atoms with E-state index in [0.717, 1.165) is 59.4 Å². The van der Waals surface area contributed by atoms with Crippen LogP contribution in [0.25, 0.3) is 10.9 Å². The van der Waals surface area contributed by atoms with E-state index in [0.29, 0.717) is 0 Å². The summed E-state index contributed by atoms with van der Waals surface area (Å²) in [6, 6.07) is 2.08. The van der Waals surface area contributed by atoms with Crippen LogP contribution >= 0.6 is 0 Å². The summed E-state index contributed by atoms with van der Waals surface area (Å²) in [6.07, 6.45) is 3.48. The molecule has 2 aromatic rings. The number of piperidine rings is 1. The third kappa shape index (κ3) is 2.71. The maximum atomic E-state index is 4.77. The van der Waals surface area contributed by atoms with E-state index in [1.807, 2.05) is 13.8 Å². The van der Waals surface area contributed by atoms with Gasteiger partial charge in [-0.1, -0.05) is 13.8 Å². The lowest BCUT2D eigenvalue weighted by atomic mass is 9.99. The van der Waals surface area contributed by atoms with E-state index in [1.165, 1.54) is 12.8 Å². The van der Waals surface area contributed by atoms with Crippen molar-refractivity contribution in [3.8, 4) is 0 Å². The van der Waals surface area contributed by atoms with Gasteiger partial charge >= 0.3 is 0 Å². The Bertz CT molecular complexity index is 660. The molecule has 1 aliphatic heterocycles. The van der Waals surface area contributed by atoms with E-state index in [4.69, 9.17) is 9.97 Å². The summed E-state index contributed by atoms with van der Waals surface area (Å²) in [5.41, 5.74) is 3.20. The molecule has 112 valence electrons. The predicted molar refractivity (Wildman–Crippen MR) is 86.8 cm³/mol. The normalized spacial score (nSPS) is 19.2. The Kier molecular flexibility index (Phi) is 3.79. The molecule has 0 aliphatic carbocycles. The lowest BCUT2D eigenvalue weighted by Gasteiger charge is -2.33. The fourth-order valence-electron chi connectivity index (χ4n) is 3.33. The van der Waals surface area contributed by atoms with Gasteiger partial charge in [0.2, 0.25) is 0 Å². The summed E-state index contributed by atoms with van der Waals surface area (Å²) < 4.78 is 0. The van der Waals surface area contributed by atoms with Crippen LogP contribution in [0.1, 0.15) is 43.9 Å². The van der Waals surface area contributed by atoms with Gasteiger partial charge in [-0.15, -0.1) is 0 Å². The second kappa shape index (κ2) is 5.58. The summed E-state index contributed by atoms with van der Waals surface area (Å²) >= 11 is 0. The molecule has 0 aromatic carbocycles. The molecule has 1 fully saturated rings. The van der Waals surface area contributed by atoms with Crippen molar-refractivity contribution in [1.29, 1.82) is 0 Å². The van der Waals surface area contributed by atoms with E-state index in [2.05, 4.69) is 29.8 Å². The van der Waals surface area contributed by atoms with Crippen LogP contribution in [0.5, 0.6) is 0 Å². The van der Waals surface area contributed by atoms with Crippen molar-refractivity contribution in [2.24, 2.45) is 5.92 Å². The van der Waals surface area contributed by atoms with Gasteiger partial charge in [-0.05, 0) is 45.1 Å². The molecule has 2 aromatic heterocycles. The van der Waals surface area contributed by atoms with Crippen LogP contribution in [-0.2, 0) is 6.42 Å². The highest BCUT2D eigenvalue weighted by Crippen LogP contribution is 2.30. The monoisotopic (exact) mass is 284 g/mol. The molecule has 0 N–H and O–H groups in total. The van der Waals surface area contributed by atoms with Crippen LogP contribution in [0.3, 0.4) is 0 Å². The first-order chi connectivity index (χ1) is 10.1. The van der Waals surface area contributed by atoms with Crippen molar-refractivity contribution in [3.63, 3.8) is 0 Å². The van der Waals surface area contributed by atoms with Crippen molar-refractivity contribution in [3.05, 3.63) is 23.3 Å². The quantitative estimate of drug-likeness (QED) is 0.847. The average Bonchev–Trinajstić information content (AvgIpc) is 2.45. The Labute approximate surface area is 126 Å². The largest absolute Gasteiger partial charge is 0.356 e.